The van der Waals surface area contributed by atoms with Gasteiger partial charge in [0.2, 0.25) is 0 Å². The Hall–Kier alpha value is -2.06. The minimum Gasteiger partial charge on any atom is -0.481 e. The van der Waals surface area contributed by atoms with E-state index in [-0.39, 0.29) is 11.6 Å². The van der Waals surface area contributed by atoms with Crippen molar-refractivity contribution in [3.63, 3.8) is 0 Å². The van der Waals surface area contributed by atoms with E-state index in [4.69, 9.17) is 9.63 Å². The molecule has 110 valence electrons. The molecule has 1 saturated carbocycles. The van der Waals surface area contributed by atoms with Crippen molar-refractivity contribution in [3.8, 4) is 0 Å². The first-order valence-corrected chi connectivity index (χ1v) is 5.83. The van der Waals surface area contributed by atoms with E-state index in [1.807, 2.05) is 0 Å². The van der Waals surface area contributed by atoms with Crippen LogP contribution in [0.2, 0.25) is 0 Å². The van der Waals surface area contributed by atoms with Gasteiger partial charge in [0.1, 0.15) is 11.8 Å². The maximum atomic E-state index is 12.6. The van der Waals surface area contributed by atoms with E-state index >= 15 is 0 Å². The highest BCUT2D eigenvalue weighted by Crippen LogP contribution is 2.40. The zero-order valence-electron chi connectivity index (χ0n) is 10.1. The van der Waals surface area contributed by atoms with E-state index in [2.05, 4.69) is 5.16 Å². The van der Waals surface area contributed by atoms with Crippen LogP contribution < -0.4 is 5.32 Å². The number of carbonyl (C=O) groups is 2. The monoisotopic (exact) mass is 292 g/mol. The number of carboxylic acids is 1. The van der Waals surface area contributed by atoms with Gasteiger partial charge in [-0.2, -0.15) is 13.2 Å². The Morgan fingerprint density at radius 1 is 1.50 bits per heavy atom. The van der Waals surface area contributed by atoms with Crippen LogP contribution in [-0.4, -0.2) is 34.4 Å². The van der Waals surface area contributed by atoms with E-state index in [0.717, 1.165) is 12.8 Å². The van der Waals surface area contributed by atoms with Crippen LogP contribution in [0.3, 0.4) is 0 Å². The number of nitrogens with one attached hydrogen (secondary N) is 1. The van der Waals surface area contributed by atoms with E-state index < -0.39 is 30.5 Å². The summed E-state index contributed by atoms with van der Waals surface area (Å²) >= 11 is 0. The molecule has 0 radical (unpaired) electrons. The molecule has 0 aliphatic heterocycles. The second kappa shape index (κ2) is 5.14. The van der Waals surface area contributed by atoms with Crippen LogP contribution >= 0.6 is 0 Å². The molecule has 0 aromatic carbocycles. The summed E-state index contributed by atoms with van der Waals surface area (Å²) in [6, 6.07) is -1.19. The lowest BCUT2D eigenvalue weighted by molar-refractivity contribution is -0.165. The van der Waals surface area contributed by atoms with Crippen molar-refractivity contribution in [2.75, 3.05) is 0 Å². The van der Waals surface area contributed by atoms with Gasteiger partial charge >= 0.3 is 12.1 Å². The van der Waals surface area contributed by atoms with E-state index in [1.54, 1.807) is 5.32 Å². The molecule has 0 bridgehead atoms. The number of carbonyl (C=O) groups excluding carboxylic acids is 1. The normalized spacial score (nSPS) is 16.8. The van der Waals surface area contributed by atoms with Gasteiger partial charge in [-0.1, -0.05) is 5.16 Å². The lowest BCUT2D eigenvalue weighted by Crippen LogP contribution is -2.46. The van der Waals surface area contributed by atoms with Crippen LogP contribution in [-0.2, 0) is 4.79 Å². The van der Waals surface area contributed by atoms with Crippen LogP contribution in [0.15, 0.2) is 10.6 Å². The van der Waals surface area contributed by atoms with E-state index in [0.29, 0.717) is 5.76 Å². The number of aliphatic carboxylic acids is 1. The highest BCUT2D eigenvalue weighted by Gasteiger charge is 2.42. The number of carboxylic acid groups (broad SMARTS) is 1. The molecule has 1 aromatic rings. The molecule has 1 atom stereocenters. The van der Waals surface area contributed by atoms with Crippen molar-refractivity contribution in [2.45, 2.75) is 37.4 Å². The number of hydrogen-bond acceptors (Lipinski definition) is 4. The molecule has 2 rings (SSSR count). The van der Waals surface area contributed by atoms with Crippen LogP contribution in [0.25, 0.3) is 0 Å². The fraction of sp³-hybridized carbons (Fsp3) is 0.545. The van der Waals surface area contributed by atoms with Crippen molar-refractivity contribution in [3.05, 3.63) is 17.5 Å². The molecule has 20 heavy (non-hydrogen) atoms. The van der Waals surface area contributed by atoms with Gasteiger partial charge in [0.15, 0.2) is 5.69 Å². The number of rotatable bonds is 5. The van der Waals surface area contributed by atoms with Crippen LogP contribution in [0, 0.1) is 0 Å². The Morgan fingerprint density at radius 2 is 2.15 bits per heavy atom. The zero-order chi connectivity index (χ0) is 14.9. The predicted octanol–water partition coefficient (Wildman–Crippen LogP) is 1.69. The molecular formula is C11H11F3N2O4. The van der Waals surface area contributed by atoms with Crippen molar-refractivity contribution in [1.29, 1.82) is 0 Å². The number of aromatic nitrogens is 1. The summed E-state index contributed by atoms with van der Waals surface area (Å²) in [6.07, 6.45) is -4.32. The fourth-order valence-corrected chi connectivity index (χ4v) is 1.61. The Labute approximate surface area is 110 Å². The average Bonchev–Trinajstić information content (AvgIpc) is 3.04. The van der Waals surface area contributed by atoms with Gasteiger partial charge in [-0.05, 0) is 12.8 Å². The molecule has 1 heterocycles. The fourth-order valence-electron chi connectivity index (χ4n) is 1.61. The Bertz CT molecular complexity index is 522. The second-order valence-electron chi connectivity index (χ2n) is 4.55. The highest BCUT2D eigenvalue weighted by molar-refractivity contribution is 5.92. The SMILES string of the molecule is O=C(O)CC(NC(=O)c1cc(C2CC2)on1)C(F)(F)F. The van der Waals surface area contributed by atoms with Gasteiger partial charge in [-0.25, -0.2) is 0 Å². The van der Waals surface area contributed by atoms with Gasteiger partial charge < -0.3 is 14.9 Å². The summed E-state index contributed by atoms with van der Waals surface area (Å²) in [5.74, 6) is -2.14. The van der Waals surface area contributed by atoms with Crippen LogP contribution in [0.4, 0.5) is 13.2 Å². The topological polar surface area (TPSA) is 92.4 Å². The van der Waals surface area contributed by atoms with Gasteiger partial charge in [-0.3, -0.25) is 9.59 Å². The second-order valence-corrected chi connectivity index (χ2v) is 4.55. The molecule has 0 saturated heterocycles. The molecule has 2 N–H and O–H groups in total. The summed E-state index contributed by atoms with van der Waals surface area (Å²) in [5.41, 5.74) is -0.286. The summed E-state index contributed by atoms with van der Waals surface area (Å²) in [6.45, 7) is 0. The van der Waals surface area contributed by atoms with Crippen molar-refractivity contribution in [1.82, 2.24) is 10.5 Å². The van der Waals surface area contributed by atoms with E-state index in [9.17, 15) is 22.8 Å². The smallest absolute Gasteiger partial charge is 0.409 e. The lowest BCUT2D eigenvalue weighted by Gasteiger charge is -2.19. The minimum atomic E-state index is -4.85. The summed E-state index contributed by atoms with van der Waals surface area (Å²) in [7, 11) is 0. The molecule has 1 fully saturated rings. The first kappa shape index (κ1) is 14.4. The lowest BCUT2D eigenvalue weighted by atomic mass is 10.2. The summed E-state index contributed by atoms with van der Waals surface area (Å²) in [5, 5.41) is 13.4. The third-order valence-corrected chi connectivity index (χ3v) is 2.82. The Balaban J connectivity index is 2.04. The maximum absolute atomic E-state index is 12.6. The van der Waals surface area contributed by atoms with Crippen LogP contribution in [0.5, 0.6) is 0 Å². The van der Waals surface area contributed by atoms with Gasteiger partial charge in [0, 0.05) is 12.0 Å². The zero-order valence-corrected chi connectivity index (χ0v) is 10.1. The third kappa shape index (κ3) is 3.49. The molecule has 6 nitrogen and oxygen atoms in total. The minimum absolute atomic E-state index is 0.168. The maximum Gasteiger partial charge on any atom is 0.409 e. The number of nitrogens with zero attached hydrogens (tertiary/aromatic N) is 1. The summed E-state index contributed by atoms with van der Waals surface area (Å²) < 4.78 is 42.6. The molecule has 1 aliphatic rings. The first-order chi connectivity index (χ1) is 9.27. The summed E-state index contributed by atoms with van der Waals surface area (Å²) in [4.78, 5) is 22.0. The highest BCUT2D eigenvalue weighted by atomic mass is 19.4. The van der Waals surface area contributed by atoms with E-state index in [1.165, 1.54) is 6.07 Å². The predicted molar refractivity (Wildman–Crippen MR) is 58.0 cm³/mol. The molecule has 1 aliphatic carbocycles. The molecule has 0 spiro atoms. The van der Waals surface area contributed by atoms with Gasteiger partial charge in [0.25, 0.3) is 5.91 Å². The molecule has 1 unspecified atom stereocenters. The van der Waals surface area contributed by atoms with Gasteiger partial charge in [-0.15, -0.1) is 0 Å². The van der Waals surface area contributed by atoms with Crippen molar-refractivity contribution < 1.29 is 32.4 Å². The number of hydrogen-bond donors (Lipinski definition) is 2. The van der Waals surface area contributed by atoms with Crippen molar-refractivity contribution >= 4 is 11.9 Å². The number of amides is 1. The Kier molecular flexibility index (Phi) is 3.69. The quantitative estimate of drug-likeness (QED) is 0.861. The van der Waals surface area contributed by atoms with Crippen LogP contribution in [0.1, 0.15) is 41.4 Å². The molecule has 1 aromatic heterocycles. The van der Waals surface area contributed by atoms with Crippen molar-refractivity contribution in [2.24, 2.45) is 0 Å². The largest absolute Gasteiger partial charge is 0.481 e. The third-order valence-electron chi connectivity index (χ3n) is 2.82. The molecule has 9 heteroatoms. The average molecular weight is 292 g/mol. The number of alkyl halides is 3. The molecule has 1 amide bonds. The van der Waals surface area contributed by atoms with Gasteiger partial charge in [0.05, 0.1) is 6.42 Å². The first-order valence-electron chi connectivity index (χ1n) is 5.83. The standard InChI is InChI=1S/C11H11F3N2O4/c12-11(13,14)8(4-9(17)18)15-10(19)6-3-7(20-16-6)5-1-2-5/h3,5,8H,1-2,4H2,(H,15,19)(H,17,18). The number of halogens is 3. The Morgan fingerprint density at radius 3 is 2.65 bits per heavy atom. The molecular weight excluding hydrogens is 281 g/mol.